The molecule has 0 radical (unpaired) electrons. The Labute approximate surface area is 211 Å². The number of benzene rings is 2. The summed E-state index contributed by atoms with van der Waals surface area (Å²) in [5.41, 5.74) is 8.37. The molecule has 35 heavy (non-hydrogen) atoms. The lowest BCUT2D eigenvalue weighted by molar-refractivity contribution is 0.346. The third-order valence-electron chi connectivity index (χ3n) is 6.59. The minimum absolute atomic E-state index is 0.0316. The van der Waals surface area contributed by atoms with Gasteiger partial charge in [-0.3, -0.25) is 4.98 Å². The first-order chi connectivity index (χ1) is 16.8. The van der Waals surface area contributed by atoms with Gasteiger partial charge in [-0.25, -0.2) is 0 Å². The van der Waals surface area contributed by atoms with Gasteiger partial charge >= 0.3 is 0 Å². The number of hydrogen-bond donors (Lipinski definition) is 1. The van der Waals surface area contributed by atoms with Crippen LogP contribution < -0.4 is 5.32 Å². The van der Waals surface area contributed by atoms with Gasteiger partial charge in [0.15, 0.2) is 0 Å². The van der Waals surface area contributed by atoms with E-state index in [2.05, 4.69) is 106 Å². The summed E-state index contributed by atoms with van der Waals surface area (Å²) >= 11 is 0. The number of rotatable bonds is 11. The van der Waals surface area contributed by atoms with Crippen LogP contribution in [0.2, 0.25) is 0 Å². The van der Waals surface area contributed by atoms with Crippen LogP contribution in [-0.2, 0) is 19.3 Å². The van der Waals surface area contributed by atoms with Gasteiger partial charge < -0.3 is 5.32 Å². The van der Waals surface area contributed by atoms with E-state index in [1.165, 1.54) is 34.2 Å². The number of nitriles is 1. The fourth-order valence-corrected chi connectivity index (χ4v) is 4.47. The maximum Gasteiger partial charge on any atom is 0.101 e. The van der Waals surface area contributed by atoms with E-state index in [1.807, 2.05) is 12.1 Å². The van der Waals surface area contributed by atoms with Crippen LogP contribution in [0.25, 0.3) is 6.08 Å². The molecule has 0 aliphatic carbocycles. The highest BCUT2D eigenvalue weighted by atomic mass is 15.0. The van der Waals surface area contributed by atoms with Gasteiger partial charge in [-0.2, -0.15) is 5.26 Å². The summed E-state index contributed by atoms with van der Waals surface area (Å²) in [6.45, 7) is 12.2. The molecule has 3 heteroatoms. The lowest BCUT2D eigenvalue weighted by atomic mass is 9.92. The van der Waals surface area contributed by atoms with E-state index in [4.69, 9.17) is 5.26 Å². The first-order valence-electron chi connectivity index (χ1n) is 12.7. The summed E-state index contributed by atoms with van der Waals surface area (Å²) in [5, 5.41) is 12.7. The largest absolute Gasteiger partial charge is 0.311 e. The molecule has 3 aromatic rings. The molecule has 182 valence electrons. The third kappa shape index (κ3) is 8.19. The van der Waals surface area contributed by atoms with E-state index >= 15 is 0 Å². The van der Waals surface area contributed by atoms with Crippen LogP contribution in [0.15, 0.2) is 66.9 Å². The van der Waals surface area contributed by atoms with Gasteiger partial charge in [0.2, 0.25) is 0 Å². The summed E-state index contributed by atoms with van der Waals surface area (Å²) in [6, 6.07) is 21.4. The van der Waals surface area contributed by atoms with E-state index < -0.39 is 0 Å². The van der Waals surface area contributed by atoms with Crippen molar-refractivity contribution in [2.75, 3.05) is 6.54 Å². The second kappa shape index (κ2) is 12.5. The van der Waals surface area contributed by atoms with Crippen molar-refractivity contribution in [3.63, 3.8) is 0 Å². The molecule has 1 unspecified atom stereocenters. The Balaban J connectivity index is 1.48. The fraction of sp³-hybridized carbons (Fsp3) is 0.375. The van der Waals surface area contributed by atoms with Crippen LogP contribution in [0.3, 0.4) is 0 Å². The molecule has 0 aliphatic rings. The first-order valence-corrected chi connectivity index (χ1v) is 12.7. The van der Waals surface area contributed by atoms with Crippen molar-refractivity contribution >= 4 is 6.08 Å². The number of aromatic nitrogens is 1. The normalized spacial score (nSPS) is 12.6. The van der Waals surface area contributed by atoms with Gasteiger partial charge in [0.05, 0.1) is 5.56 Å². The smallest absolute Gasteiger partial charge is 0.101 e. The molecule has 0 amide bonds. The predicted octanol–water partition coefficient (Wildman–Crippen LogP) is 7.07. The molecule has 1 atom stereocenters. The lowest BCUT2D eigenvalue weighted by Crippen LogP contribution is -2.43. The highest BCUT2D eigenvalue weighted by molar-refractivity contribution is 5.57. The Morgan fingerprint density at radius 2 is 1.80 bits per heavy atom. The topological polar surface area (TPSA) is 48.7 Å². The van der Waals surface area contributed by atoms with Gasteiger partial charge in [0.25, 0.3) is 0 Å². The minimum Gasteiger partial charge on any atom is -0.311 e. The number of pyridine rings is 1. The number of allylic oxidation sites excluding steroid dienone is 1. The average molecular weight is 466 g/mol. The highest BCUT2D eigenvalue weighted by Crippen LogP contribution is 2.20. The Kier molecular flexibility index (Phi) is 9.40. The molecule has 0 saturated carbocycles. The van der Waals surface area contributed by atoms with Gasteiger partial charge in [-0.1, -0.05) is 61.5 Å². The summed E-state index contributed by atoms with van der Waals surface area (Å²) < 4.78 is 0. The van der Waals surface area contributed by atoms with E-state index in [1.54, 1.807) is 6.20 Å². The molecule has 2 aromatic carbocycles. The first kappa shape index (κ1) is 26.4. The van der Waals surface area contributed by atoms with E-state index in [9.17, 15) is 0 Å². The van der Waals surface area contributed by atoms with E-state index in [-0.39, 0.29) is 5.54 Å². The predicted molar refractivity (Wildman–Crippen MR) is 147 cm³/mol. The number of nitrogens with one attached hydrogen (secondary N) is 1. The molecule has 1 N–H and O–H groups in total. The SMILES string of the molecule is C/C=C\c1c(C)cccc1CCC(C)CNC(C)(C)Cc1ccc(Cc2ccc(C#N)cn2)cc1. The zero-order valence-electron chi connectivity index (χ0n) is 21.9. The van der Waals surface area contributed by atoms with E-state index in [0.717, 1.165) is 31.5 Å². The van der Waals surface area contributed by atoms with Crippen LogP contribution in [0.4, 0.5) is 0 Å². The van der Waals surface area contributed by atoms with Crippen molar-refractivity contribution in [2.45, 2.75) is 65.8 Å². The van der Waals surface area contributed by atoms with Crippen LogP contribution in [0, 0.1) is 24.2 Å². The summed E-state index contributed by atoms with van der Waals surface area (Å²) in [6.07, 6.45) is 10.1. The fourth-order valence-electron chi connectivity index (χ4n) is 4.47. The van der Waals surface area contributed by atoms with Crippen molar-refractivity contribution in [1.29, 1.82) is 5.26 Å². The molecule has 0 fully saturated rings. The standard InChI is InChI=1S/C32H39N3/c1-6-8-31-25(3)9-7-10-29(31)17-11-24(2)22-35-32(4,5)20-27-14-12-26(13-15-27)19-30-18-16-28(21-33)23-34-30/h6-10,12-16,18,23-24,35H,11,17,19-20,22H2,1-5H3/b8-6-. The molecule has 0 bridgehead atoms. The van der Waals surface area contributed by atoms with Crippen molar-refractivity contribution in [3.05, 3.63) is 106 Å². The van der Waals surface area contributed by atoms with Crippen LogP contribution in [-0.4, -0.2) is 17.1 Å². The zero-order chi connectivity index (χ0) is 25.3. The van der Waals surface area contributed by atoms with Gasteiger partial charge in [-0.05, 0) is 99.4 Å². The van der Waals surface area contributed by atoms with Gasteiger partial charge in [0.1, 0.15) is 6.07 Å². The molecular weight excluding hydrogens is 426 g/mol. The maximum absolute atomic E-state index is 8.92. The third-order valence-corrected chi connectivity index (χ3v) is 6.59. The van der Waals surface area contributed by atoms with Gasteiger partial charge in [-0.15, -0.1) is 0 Å². The molecular formula is C32H39N3. The molecule has 1 heterocycles. The quantitative estimate of drug-likeness (QED) is 0.330. The van der Waals surface area contributed by atoms with Crippen LogP contribution in [0.1, 0.15) is 73.2 Å². The monoisotopic (exact) mass is 465 g/mol. The molecule has 0 saturated heterocycles. The van der Waals surface area contributed by atoms with Gasteiger partial charge in [0, 0.05) is 23.9 Å². The average Bonchev–Trinajstić information content (AvgIpc) is 2.85. The second-order valence-electron chi connectivity index (χ2n) is 10.4. The van der Waals surface area contributed by atoms with Crippen molar-refractivity contribution < 1.29 is 0 Å². The molecule has 0 aliphatic heterocycles. The minimum atomic E-state index is 0.0316. The Morgan fingerprint density at radius 3 is 2.46 bits per heavy atom. The Morgan fingerprint density at radius 1 is 1.06 bits per heavy atom. The lowest BCUT2D eigenvalue weighted by Gasteiger charge is -2.28. The Bertz CT molecular complexity index is 1150. The van der Waals surface area contributed by atoms with Crippen molar-refractivity contribution in [1.82, 2.24) is 10.3 Å². The summed E-state index contributed by atoms with van der Waals surface area (Å²) in [5.74, 6) is 0.607. The van der Waals surface area contributed by atoms with Crippen molar-refractivity contribution in [2.24, 2.45) is 5.92 Å². The molecule has 0 spiro atoms. The Hall–Kier alpha value is -3.22. The summed E-state index contributed by atoms with van der Waals surface area (Å²) in [7, 11) is 0. The highest BCUT2D eigenvalue weighted by Gasteiger charge is 2.19. The molecule has 1 aromatic heterocycles. The van der Waals surface area contributed by atoms with E-state index in [0.29, 0.717) is 11.5 Å². The number of hydrogen-bond acceptors (Lipinski definition) is 3. The second-order valence-corrected chi connectivity index (χ2v) is 10.4. The molecule has 3 rings (SSSR count). The maximum atomic E-state index is 8.92. The summed E-state index contributed by atoms with van der Waals surface area (Å²) in [4.78, 5) is 4.38. The molecule has 3 nitrogen and oxygen atoms in total. The van der Waals surface area contributed by atoms with Crippen LogP contribution >= 0.6 is 0 Å². The van der Waals surface area contributed by atoms with Crippen LogP contribution in [0.5, 0.6) is 0 Å². The number of nitrogens with zero attached hydrogens (tertiary/aromatic N) is 2. The number of aryl methyl sites for hydroxylation is 2. The zero-order valence-corrected chi connectivity index (χ0v) is 21.9. The van der Waals surface area contributed by atoms with Crippen molar-refractivity contribution in [3.8, 4) is 6.07 Å².